The van der Waals surface area contributed by atoms with Gasteiger partial charge in [-0.05, 0) is 35.7 Å². The summed E-state index contributed by atoms with van der Waals surface area (Å²) in [5.41, 5.74) is 1.25. The van der Waals surface area contributed by atoms with Crippen molar-refractivity contribution in [3.63, 3.8) is 0 Å². The van der Waals surface area contributed by atoms with Crippen molar-refractivity contribution in [2.24, 2.45) is 0 Å². The monoisotopic (exact) mass is 398 g/mol. The summed E-state index contributed by atoms with van der Waals surface area (Å²) in [4.78, 5) is 12.4. The quantitative estimate of drug-likeness (QED) is 0.517. The van der Waals surface area contributed by atoms with E-state index < -0.39 is 10.0 Å². The Hall–Kier alpha value is -3.24. The Bertz CT molecular complexity index is 1120. The molecular formula is C17H14N6O2S2. The van der Waals surface area contributed by atoms with Gasteiger partial charge in [0.1, 0.15) is 28.5 Å². The average molecular weight is 398 g/mol. The third-order valence-electron chi connectivity index (χ3n) is 3.59. The summed E-state index contributed by atoms with van der Waals surface area (Å²) < 4.78 is 29.1. The van der Waals surface area contributed by atoms with Crippen LogP contribution in [0.3, 0.4) is 0 Å². The number of benzene rings is 1. The first-order valence-corrected chi connectivity index (χ1v) is 10.2. The smallest absolute Gasteiger partial charge is 0.271 e. The third-order valence-corrected chi connectivity index (χ3v) is 6.37. The number of anilines is 3. The minimum absolute atomic E-state index is 0.276. The zero-order valence-corrected chi connectivity index (χ0v) is 15.5. The topological polar surface area (TPSA) is 102 Å². The van der Waals surface area contributed by atoms with E-state index in [-0.39, 0.29) is 4.21 Å². The highest BCUT2D eigenvalue weighted by molar-refractivity contribution is 7.94. The van der Waals surface area contributed by atoms with Crippen molar-refractivity contribution in [3.8, 4) is 5.82 Å². The molecule has 3 heterocycles. The summed E-state index contributed by atoms with van der Waals surface area (Å²) in [6.07, 6.45) is 6.58. The number of hydrogen-bond donors (Lipinski definition) is 2. The molecule has 3 aromatic heterocycles. The van der Waals surface area contributed by atoms with Crippen LogP contribution in [0.2, 0.25) is 0 Å². The van der Waals surface area contributed by atoms with E-state index in [1.54, 1.807) is 71.1 Å². The Kier molecular flexibility index (Phi) is 4.57. The fourth-order valence-corrected chi connectivity index (χ4v) is 4.39. The molecule has 0 saturated heterocycles. The Morgan fingerprint density at radius 2 is 1.85 bits per heavy atom. The Labute approximate surface area is 159 Å². The van der Waals surface area contributed by atoms with E-state index in [0.29, 0.717) is 17.3 Å². The molecule has 2 N–H and O–H groups in total. The van der Waals surface area contributed by atoms with Gasteiger partial charge in [-0.15, -0.1) is 11.3 Å². The predicted octanol–water partition coefficient (Wildman–Crippen LogP) is 3.27. The van der Waals surface area contributed by atoms with Gasteiger partial charge in [0.15, 0.2) is 0 Å². The van der Waals surface area contributed by atoms with Crippen molar-refractivity contribution in [2.75, 3.05) is 10.0 Å². The molecule has 0 bridgehead atoms. The fourth-order valence-electron chi connectivity index (χ4n) is 2.34. The number of sulfonamides is 1. The van der Waals surface area contributed by atoms with Crippen LogP contribution in [0, 0.1) is 0 Å². The molecule has 0 unspecified atom stereocenters. The van der Waals surface area contributed by atoms with Gasteiger partial charge in [0.25, 0.3) is 10.0 Å². The van der Waals surface area contributed by atoms with Crippen LogP contribution in [-0.4, -0.2) is 27.9 Å². The zero-order chi connectivity index (χ0) is 18.7. The number of nitrogens with one attached hydrogen (secondary N) is 2. The Balaban J connectivity index is 1.48. The molecule has 0 aliphatic heterocycles. The third kappa shape index (κ3) is 3.96. The lowest BCUT2D eigenvalue weighted by atomic mass is 10.3. The molecule has 0 atom stereocenters. The number of aromatic nitrogens is 4. The van der Waals surface area contributed by atoms with Crippen LogP contribution in [0.5, 0.6) is 0 Å². The molecule has 4 aromatic rings. The maximum absolute atomic E-state index is 12.2. The van der Waals surface area contributed by atoms with Gasteiger partial charge < -0.3 is 5.32 Å². The van der Waals surface area contributed by atoms with Gasteiger partial charge >= 0.3 is 0 Å². The first-order chi connectivity index (χ1) is 13.1. The van der Waals surface area contributed by atoms with E-state index in [2.05, 4.69) is 25.0 Å². The standard InChI is InChI=1S/C17H14N6O2S2/c24-27(25,17-2-1-9-26-17)22-14-5-3-13(4-6-14)21-15-10-16(20-11-19-15)23-8-7-18-12-23/h1-12,22H,(H,19,20,21). The summed E-state index contributed by atoms with van der Waals surface area (Å²) in [6.45, 7) is 0. The highest BCUT2D eigenvalue weighted by atomic mass is 32.2. The lowest BCUT2D eigenvalue weighted by molar-refractivity contribution is 0.603. The van der Waals surface area contributed by atoms with Crippen LogP contribution in [0.25, 0.3) is 5.82 Å². The number of hydrogen-bond acceptors (Lipinski definition) is 7. The predicted molar refractivity (Wildman–Crippen MR) is 104 cm³/mol. The zero-order valence-electron chi connectivity index (χ0n) is 13.9. The lowest BCUT2D eigenvalue weighted by Gasteiger charge is -2.09. The molecular weight excluding hydrogens is 384 g/mol. The molecule has 27 heavy (non-hydrogen) atoms. The summed E-state index contributed by atoms with van der Waals surface area (Å²) in [6, 6.07) is 12.0. The maximum atomic E-state index is 12.2. The Morgan fingerprint density at radius 1 is 1.04 bits per heavy atom. The second-order valence-corrected chi connectivity index (χ2v) is 8.33. The molecule has 4 rings (SSSR count). The SMILES string of the molecule is O=S(=O)(Nc1ccc(Nc2cc(-n3ccnc3)ncn2)cc1)c1cccs1. The van der Waals surface area contributed by atoms with E-state index >= 15 is 0 Å². The highest BCUT2D eigenvalue weighted by Gasteiger charge is 2.14. The van der Waals surface area contributed by atoms with Gasteiger partial charge in [-0.25, -0.2) is 23.4 Å². The van der Waals surface area contributed by atoms with Gasteiger partial charge in [0.2, 0.25) is 0 Å². The van der Waals surface area contributed by atoms with Gasteiger partial charge in [-0.1, -0.05) is 6.07 Å². The van der Waals surface area contributed by atoms with Crippen LogP contribution in [0.4, 0.5) is 17.2 Å². The lowest BCUT2D eigenvalue weighted by Crippen LogP contribution is -2.11. The summed E-state index contributed by atoms with van der Waals surface area (Å²) in [5, 5.41) is 4.89. The number of nitrogens with zero attached hydrogens (tertiary/aromatic N) is 4. The fraction of sp³-hybridized carbons (Fsp3) is 0. The van der Waals surface area contributed by atoms with Crippen molar-refractivity contribution >= 4 is 38.6 Å². The van der Waals surface area contributed by atoms with Crippen LogP contribution >= 0.6 is 11.3 Å². The van der Waals surface area contributed by atoms with Gasteiger partial charge in [-0.2, -0.15) is 0 Å². The number of rotatable bonds is 6. The maximum Gasteiger partial charge on any atom is 0.271 e. The number of thiophene rings is 1. The van der Waals surface area contributed by atoms with Crippen molar-refractivity contribution in [1.82, 2.24) is 19.5 Å². The average Bonchev–Trinajstić information content (AvgIpc) is 3.38. The molecule has 8 nitrogen and oxygen atoms in total. The first kappa shape index (κ1) is 17.2. The van der Waals surface area contributed by atoms with Crippen molar-refractivity contribution in [2.45, 2.75) is 4.21 Å². The largest absolute Gasteiger partial charge is 0.340 e. The van der Waals surface area contributed by atoms with Gasteiger partial charge in [0.05, 0.1) is 0 Å². The minimum Gasteiger partial charge on any atom is -0.340 e. The molecule has 0 fully saturated rings. The molecule has 0 aliphatic rings. The summed E-state index contributed by atoms with van der Waals surface area (Å²) in [7, 11) is -3.55. The van der Waals surface area contributed by atoms with Crippen LogP contribution in [0.1, 0.15) is 0 Å². The number of imidazole rings is 1. The summed E-state index contributed by atoms with van der Waals surface area (Å²) >= 11 is 1.17. The molecule has 0 amide bonds. The second-order valence-electron chi connectivity index (χ2n) is 5.47. The molecule has 0 radical (unpaired) electrons. The van der Waals surface area contributed by atoms with Crippen LogP contribution in [0.15, 0.2) is 77.1 Å². The van der Waals surface area contributed by atoms with Gasteiger partial charge in [-0.3, -0.25) is 9.29 Å². The van der Waals surface area contributed by atoms with E-state index in [1.807, 2.05) is 0 Å². The molecule has 136 valence electrons. The van der Waals surface area contributed by atoms with Gasteiger partial charge in [0, 0.05) is 29.8 Å². The van der Waals surface area contributed by atoms with Crippen molar-refractivity contribution < 1.29 is 8.42 Å². The Morgan fingerprint density at radius 3 is 2.56 bits per heavy atom. The van der Waals surface area contributed by atoms with Crippen molar-refractivity contribution in [1.29, 1.82) is 0 Å². The summed E-state index contributed by atoms with van der Waals surface area (Å²) in [5.74, 6) is 1.30. The normalized spacial score (nSPS) is 11.3. The van der Waals surface area contributed by atoms with E-state index in [0.717, 1.165) is 5.69 Å². The second kappa shape index (κ2) is 7.17. The van der Waals surface area contributed by atoms with Crippen LogP contribution < -0.4 is 10.0 Å². The molecule has 0 aliphatic carbocycles. The molecule has 0 spiro atoms. The molecule has 10 heteroatoms. The van der Waals surface area contributed by atoms with Crippen molar-refractivity contribution in [3.05, 3.63) is 72.9 Å². The van der Waals surface area contributed by atoms with E-state index in [1.165, 1.54) is 17.7 Å². The molecule has 1 aromatic carbocycles. The minimum atomic E-state index is -3.55. The molecule has 0 saturated carbocycles. The first-order valence-electron chi connectivity index (χ1n) is 7.84. The highest BCUT2D eigenvalue weighted by Crippen LogP contribution is 2.22. The van der Waals surface area contributed by atoms with E-state index in [4.69, 9.17) is 0 Å². The van der Waals surface area contributed by atoms with E-state index in [9.17, 15) is 8.42 Å². The van der Waals surface area contributed by atoms with Crippen LogP contribution in [-0.2, 0) is 10.0 Å².